The van der Waals surface area contributed by atoms with Gasteiger partial charge in [-0.15, -0.1) is 0 Å². The Balaban J connectivity index is -0.0000000456. The van der Waals surface area contributed by atoms with E-state index in [4.69, 9.17) is 57.2 Å². The molecule has 0 heterocycles. The van der Waals surface area contributed by atoms with Gasteiger partial charge in [0.05, 0.1) is 45.9 Å². The fourth-order valence-corrected chi connectivity index (χ4v) is 5.34. The smallest absolute Gasteiger partial charge is 0.204 e. The summed E-state index contributed by atoms with van der Waals surface area (Å²) in [6, 6.07) is 49.8. The Morgan fingerprint density at radius 3 is 0.964 bits per heavy atom. The summed E-state index contributed by atoms with van der Waals surface area (Å²) in [4.78, 5) is 12.5. The summed E-state index contributed by atoms with van der Waals surface area (Å²) < 4.78 is 61.6. The first kappa shape index (κ1) is 157. The number of phenols is 1. The molecule has 16 heteroatoms. The Labute approximate surface area is 714 Å². The maximum atomic E-state index is 12.5. The van der Waals surface area contributed by atoms with Crippen LogP contribution in [-0.4, -0.2) is 98.8 Å². The molecule has 0 aromatic heterocycles. The molecule has 110 heavy (non-hydrogen) atoms. The molecular formula is C94H184O14ReRh-2. The first-order valence-corrected chi connectivity index (χ1v) is 39.7. The third kappa shape index (κ3) is 126. The number of phenolic OH excluding ortho intramolecular Hbond substituents is 1. The van der Waals surface area contributed by atoms with Crippen molar-refractivity contribution < 1.29 is 107 Å². The Morgan fingerprint density at radius 1 is 0.382 bits per heavy atom. The summed E-state index contributed by atoms with van der Waals surface area (Å²) in [6.45, 7) is 74.7. The molecule has 2 radical (unpaired) electrons. The van der Waals surface area contributed by atoms with Crippen molar-refractivity contribution in [1.29, 1.82) is 0 Å². The normalized spacial score (nSPS) is 8.41. The van der Waals surface area contributed by atoms with Crippen LogP contribution in [0.15, 0.2) is 164 Å². The number of rotatable bonds is 22. The van der Waals surface area contributed by atoms with Gasteiger partial charge in [0.2, 0.25) is 5.75 Å². The van der Waals surface area contributed by atoms with E-state index in [9.17, 15) is 4.79 Å². The zero-order valence-corrected chi connectivity index (χ0v) is 82.1. The molecule has 0 amide bonds. The molecule has 0 spiro atoms. The van der Waals surface area contributed by atoms with E-state index in [1.807, 2.05) is 295 Å². The molecule has 0 aliphatic rings. The van der Waals surface area contributed by atoms with Gasteiger partial charge in [0, 0.05) is 80.0 Å². The van der Waals surface area contributed by atoms with E-state index in [2.05, 4.69) is 67.1 Å². The van der Waals surface area contributed by atoms with Crippen LogP contribution in [-0.2, 0) is 68.3 Å². The zero-order chi connectivity index (χ0) is 85.2. The van der Waals surface area contributed by atoms with Crippen molar-refractivity contribution in [3.63, 3.8) is 0 Å². The molecule has 3 atom stereocenters. The van der Waals surface area contributed by atoms with E-state index in [-0.39, 0.29) is 86.8 Å². The summed E-state index contributed by atoms with van der Waals surface area (Å²) >= 11 is 0. The summed E-state index contributed by atoms with van der Waals surface area (Å²) in [7, 11) is 9.33. The second-order valence-electron chi connectivity index (χ2n) is 17.0. The van der Waals surface area contributed by atoms with Gasteiger partial charge >= 0.3 is 0 Å². The minimum Gasteiger partial charge on any atom is -0.635 e. The summed E-state index contributed by atoms with van der Waals surface area (Å²) in [5.41, 5.74) is 1.04. The van der Waals surface area contributed by atoms with E-state index < -0.39 is 0 Å². The van der Waals surface area contributed by atoms with Crippen LogP contribution in [0.3, 0.4) is 0 Å². The van der Waals surface area contributed by atoms with Crippen molar-refractivity contribution in [2.45, 2.75) is 308 Å². The second kappa shape index (κ2) is 160. The van der Waals surface area contributed by atoms with Gasteiger partial charge in [-0.1, -0.05) is 358 Å². The van der Waals surface area contributed by atoms with E-state index in [0.29, 0.717) is 53.9 Å². The summed E-state index contributed by atoms with van der Waals surface area (Å²) in [5, 5.41) is 8.63. The van der Waals surface area contributed by atoms with Crippen molar-refractivity contribution >= 4 is 5.78 Å². The van der Waals surface area contributed by atoms with Crippen LogP contribution < -0.4 is 28.4 Å². The standard InChI is InChI=1S/C16H16O4.C10H14O2.C9H12O2.C8H18O3.C8H9O2.C6H6O.4C3H8.11C2H6.2CH4.CH3.Re.Rh/c1-18-13-10-9-12(15(19-2)16(13)20-3)14(17)11-7-5-4-6-8-11;1-3-11-9(2)12-10-7-5-4-6-8-10;1-8(10-2)11-9-6-4-3-5-7-9;1-4-5-10-6-7-11-8(2)9-3;1-9-7-10-8-5-3-2-4-6-8;7-6-4-2-1-3-5-6;4*1-3-2;11*1-2;;;;;/h4-10H,1-3H3;4-9H,3H2,1-2H3;3-8H,1-2H3;8H,4-7H2,1-3H3;2-7H,1H3;1-5,7H;4*3H2,1-2H3;11*1-2H3;2*1H4;1H3;;/q;;;;-1;;;;;;;;;;;;;;;;;;;-1;;. The van der Waals surface area contributed by atoms with E-state index in [0.717, 1.165) is 30.3 Å². The zero-order valence-electron chi connectivity index (χ0n) is 77.7. The molecule has 6 rings (SSSR count). The molecule has 14 nitrogen and oxygen atoms in total. The second-order valence-corrected chi connectivity index (χ2v) is 17.0. The number of methoxy groups -OCH3 is 6. The molecule has 0 aliphatic heterocycles. The number of benzene rings is 6. The number of ketones is 1. The van der Waals surface area contributed by atoms with Gasteiger partial charge in [0.1, 0.15) is 17.2 Å². The summed E-state index contributed by atoms with van der Waals surface area (Å²) in [6.07, 6.45) is 5.58. The average molecular weight is 1830 g/mol. The SMILES string of the molecule is C.C.CC.CC.CC.CC.CC.CC.CC.CC.CC.CC.CC.CCC.CCC.CCC.CCC.CCCOCCOC(C)OC.CCOC(C)Oc1ccccc1.COC(C)Oc1ccccc1.CO[CH-]Oc1ccccc1.COc1ccc(C(=O)c2ccccc2)c(OC)c1OC.Oc1ccccc1.[CH3-].[Re].[Rh]. The van der Waals surface area contributed by atoms with E-state index in [1.54, 1.807) is 69.9 Å². The molecule has 0 saturated heterocycles. The molecule has 6 aromatic carbocycles. The first-order valence-electron chi connectivity index (χ1n) is 39.7. The quantitative estimate of drug-likeness (QED) is 0.0226. The number of ether oxygens (including phenoxy) is 12. The van der Waals surface area contributed by atoms with Crippen molar-refractivity contribution in [3.8, 4) is 40.2 Å². The Kier molecular flexibility index (Phi) is 228. The van der Waals surface area contributed by atoms with Crippen LogP contribution in [0.1, 0.15) is 305 Å². The van der Waals surface area contributed by atoms with Gasteiger partial charge in [0.15, 0.2) is 36.2 Å². The summed E-state index contributed by atoms with van der Waals surface area (Å²) in [5.74, 6) is 3.97. The molecule has 0 fully saturated rings. The van der Waals surface area contributed by atoms with Crippen LogP contribution in [0, 0.1) is 14.2 Å². The van der Waals surface area contributed by atoms with Gasteiger partial charge in [-0.3, -0.25) is 4.79 Å². The molecule has 0 bridgehead atoms. The van der Waals surface area contributed by atoms with E-state index >= 15 is 0 Å². The van der Waals surface area contributed by atoms with Crippen molar-refractivity contribution in [1.82, 2.24) is 0 Å². The third-order valence-electron chi connectivity index (χ3n) is 8.85. The van der Waals surface area contributed by atoms with Gasteiger partial charge in [-0.05, 0) is 102 Å². The fourth-order valence-electron chi connectivity index (χ4n) is 5.34. The molecule has 1 N–H and O–H groups in total. The van der Waals surface area contributed by atoms with Crippen LogP contribution in [0.5, 0.6) is 40.2 Å². The first-order chi connectivity index (χ1) is 51.2. The largest absolute Gasteiger partial charge is 0.635 e. The van der Waals surface area contributed by atoms with Crippen LogP contribution in [0.4, 0.5) is 0 Å². The maximum absolute atomic E-state index is 12.5. The predicted molar refractivity (Wildman–Crippen MR) is 486 cm³/mol. The monoisotopic (exact) mass is 1830 g/mol. The fraction of sp³-hybridized carbons (Fsp3) is 0.585. The van der Waals surface area contributed by atoms with E-state index in [1.165, 1.54) is 53.8 Å². The third-order valence-corrected chi connectivity index (χ3v) is 8.85. The predicted octanol–water partition coefficient (Wildman–Crippen LogP) is 30.8. The molecule has 6 aromatic rings. The number of hydrogen-bond acceptors (Lipinski definition) is 14. The molecule has 0 saturated carbocycles. The molecule has 3 unspecified atom stereocenters. The average Bonchev–Trinajstić information content (AvgIpc) is 0.803. The topological polar surface area (TPSA) is 148 Å². The number of aromatic hydroxyl groups is 1. The molecule has 0 aliphatic carbocycles. The van der Waals surface area contributed by atoms with Crippen LogP contribution >= 0.6 is 0 Å². The number of hydrogen-bond donors (Lipinski definition) is 1. The van der Waals surface area contributed by atoms with Gasteiger partial charge < -0.3 is 69.4 Å². The number of para-hydroxylation sites is 4. The Hall–Kier alpha value is -5.36. The number of carbonyl (C=O) groups is 1. The van der Waals surface area contributed by atoms with Gasteiger partial charge in [-0.25, -0.2) is 0 Å². The Bertz CT molecular complexity index is 2220. The molecule has 662 valence electrons. The van der Waals surface area contributed by atoms with Gasteiger partial charge in [0.25, 0.3) is 0 Å². The number of carbonyl (C=O) groups excluding carboxylic acids is 1. The van der Waals surface area contributed by atoms with Crippen molar-refractivity contribution in [2.75, 3.05) is 69.1 Å². The maximum Gasteiger partial charge on any atom is 0.204 e. The minimum atomic E-state index is -0.183. The molecular weight excluding hydrogens is 1640 g/mol. The minimum absolute atomic E-state index is 0. The van der Waals surface area contributed by atoms with Crippen molar-refractivity contribution in [2.24, 2.45) is 0 Å². The van der Waals surface area contributed by atoms with Gasteiger partial charge in [-0.2, -0.15) is 0 Å². The van der Waals surface area contributed by atoms with Crippen molar-refractivity contribution in [3.05, 3.63) is 189 Å². The Morgan fingerprint density at radius 2 is 0.691 bits per heavy atom. The van der Waals surface area contributed by atoms with Crippen LogP contribution in [0.2, 0.25) is 0 Å². The van der Waals surface area contributed by atoms with Crippen LogP contribution in [0.25, 0.3) is 0 Å².